The van der Waals surface area contributed by atoms with Crippen molar-refractivity contribution in [3.63, 3.8) is 0 Å². The molecule has 0 aromatic heterocycles. The normalized spacial score (nSPS) is 23.4. The Hall–Kier alpha value is -5.04. The number of likely N-dealkylation sites (tertiary alicyclic amines) is 1. The summed E-state index contributed by atoms with van der Waals surface area (Å²) in [5.74, 6) is -4.22. The second kappa shape index (κ2) is 16.8. The van der Waals surface area contributed by atoms with Crippen LogP contribution in [-0.2, 0) is 51.8 Å². The van der Waals surface area contributed by atoms with Crippen LogP contribution in [0.2, 0.25) is 0 Å². The van der Waals surface area contributed by atoms with E-state index in [2.05, 4.69) is 21.9 Å². The van der Waals surface area contributed by atoms with Crippen LogP contribution in [0.5, 0.6) is 0 Å². The van der Waals surface area contributed by atoms with Crippen LogP contribution in [-0.4, -0.2) is 139 Å². The van der Waals surface area contributed by atoms with Gasteiger partial charge in [-0.2, -0.15) is 0 Å². The third kappa shape index (κ3) is 10.5. The Morgan fingerprint density at radius 3 is 2.40 bits per heavy atom. The average Bonchev–Trinajstić information content (AvgIpc) is 4.00. The molecule has 2 saturated carbocycles. The molecule has 17 nitrogen and oxygen atoms in total. The van der Waals surface area contributed by atoms with Crippen molar-refractivity contribution in [3.05, 3.63) is 60.0 Å². The summed E-state index contributed by atoms with van der Waals surface area (Å²) < 4.78 is 53.2. The maximum Gasteiger partial charge on any atom is 0.410 e. The van der Waals surface area contributed by atoms with Crippen LogP contribution in [0.1, 0.15) is 57.6 Å². The lowest BCUT2D eigenvalue weighted by molar-refractivity contribution is -0.142. The number of likely N-dealkylation sites (N-methyl/N-ethyl adjacent to an activating group) is 2. The Labute approximate surface area is 332 Å². The molecule has 2 aliphatic carbocycles. The molecule has 312 valence electrons. The predicted molar refractivity (Wildman–Crippen MR) is 204 cm³/mol. The summed E-state index contributed by atoms with van der Waals surface area (Å²) in [4.78, 5) is 87.2. The van der Waals surface area contributed by atoms with Gasteiger partial charge >= 0.3 is 12.2 Å². The van der Waals surface area contributed by atoms with Crippen LogP contribution in [0.3, 0.4) is 0 Å². The zero-order valence-corrected chi connectivity index (χ0v) is 33.9. The van der Waals surface area contributed by atoms with Crippen molar-refractivity contribution >= 4 is 45.8 Å². The van der Waals surface area contributed by atoms with Crippen molar-refractivity contribution < 1.29 is 51.0 Å². The minimum Gasteiger partial charge on any atom is -0.444 e. The van der Waals surface area contributed by atoms with Gasteiger partial charge in [0.2, 0.25) is 27.7 Å². The highest BCUT2D eigenvalue weighted by atomic mass is 32.2. The second-order valence-corrected chi connectivity index (χ2v) is 18.2. The first kappa shape index (κ1) is 43.1. The lowest BCUT2D eigenvalue weighted by Gasteiger charge is -2.31. The van der Waals surface area contributed by atoms with Crippen molar-refractivity contribution in [2.45, 2.75) is 94.1 Å². The number of carbonyl (C=O) groups is 6. The molecule has 3 fully saturated rings. The highest BCUT2D eigenvalue weighted by Gasteiger charge is 2.62. The monoisotopic (exact) mass is 817 g/mol. The lowest BCUT2D eigenvalue weighted by Crippen LogP contribution is -2.60. The van der Waals surface area contributed by atoms with E-state index in [1.165, 1.54) is 41.1 Å². The van der Waals surface area contributed by atoms with E-state index in [0.29, 0.717) is 30.5 Å². The van der Waals surface area contributed by atoms with Gasteiger partial charge in [0.1, 0.15) is 35.1 Å². The number of hydrogen-bond donors (Lipinski definition) is 3. The van der Waals surface area contributed by atoms with E-state index in [-0.39, 0.29) is 39.0 Å². The molecule has 0 radical (unpaired) electrons. The van der Waals surface area contributed by atoms with Crippen LogP contribution in [0.4, 0.5) is 14.0 Å². The van der Waals surface area contributed by atoms with Gasteiger partial charge in [-0.3, -0.25) is 28.8 Å². The zero-order valence-electron chi connectivity index (χ0n) is 33.1. The first-order valence-corrected chi connectivity index (χ1v) is 20.3. The maximum atomic E-state index is 14.5. The summed E-state index contributed by atoms with van der Waals surface area (Å²) in [6.07, 6.45) is 2.06. The van der Waals surface area contributed by atoms with Gasteiger partial charge in [-0.25, -0.2) is 22.4 Å². The smallest absolute Gasteiger partial charge is 0.410 e. The molecule has 0 bridgehead atoms. The number of sulfonamides is 1. The van der Waals surface area contributed by atoms with Gasteiger partial charge < -0.3 is 34.8 Å². The molecule has 1 aromatic carbocycles. The number of hydrogen-bond acceptors (Lipinski definition) is 11. The fourth-order valence-electron chi connectivity index (χ4n) is 6.81. The van der Waals surface area contributed by atoms with Gasteiger partial charge in [0.15, 0.2) is 0 Å². The molecular weight excluding hydrogens is 766 g/mol. The predicted octanol–water partition coefficient (Wildman–Crippen LogP) is 1.39. The number of halogens is 1. The summed E-state index contributed by atoms with van der Waals surface area (Å²) in [5.41, 5.74) is -1.70. The molecule has 19 heteroatoms. The summed E-state index contributed by atoms with van der Waals surface area (Å²) in [5, 5.41) is 4.47. The van der Waals surface area contributed by atoms with Crippen molar-refractivity contribution in [1.82, 2.24) is 35.0 Å². The molecule has 2 aliphatic heterocycles. The Morgan fingerprint density at radius 1 is 1.11 bits per heavy atom. The topological polar surface area (TPSA) is 204 Å². The number of fused-ring (bicyclic) bond motifs is 1. The number of rotatable bonds is 14. The van der Waals surface area contributed by atoms with Crippen LogP contribution in [0.15, 0.2) is 43.0 Å². The van der Waals surface area contributed by atoms with Crippen LogP contribution < -0.4 is 15.4 Å². The van der Waals surface area contributed by atoms with Crippen molar-refractivity contribution in [2.24, 2.45) is 5.92 Å². The second-order valence-electron chi connectivity index (χ2n) is 16.2. The number of ether oxygens (including phenoxy) is 2. The Bertz CT molecular complexity index is 1930. The molecule has 4 aliphatic rings. The Balaban J connectivity index is 1.41. The first-order chi connectivity index (χ1) is 26.6. The quantitative estimate of drug-likeness (QED) is 0.181. The van der Waals surface area contributed by atoms with E-state index >= 15 is 0 Å². The number of nitrogens with zero attached hydrogens (tertiary/aromatic N) is 4. The molecule has 1 aromatic rings. The zero-order chi connectivity index (χ0) is 42.0. The Kier molecular flexibility index (Phi) is 12.7. The SMILES string of the molecule is C=C[C@@H]1C[C@]1(NC(=O)[C@@H]1CC(OC(=O)N2Cc3cccc(F)c3C2)CN1C(=O)C(CN(C)C(=O)/C=C/CN(C)C)NC(=O)OC(C)(C)C)C(=O)NS(=O)(=O)C1CC1. The van der Waals surface area contributed by atoms with E-state index in [9.17, 15) is 41.6 Å². The minimum absolute atomic E-state index is 0.0382. The minimum atomic E-state index is -3.98. The molecule has 2 heterocycles. The molecule has 0 spiro atoms. The van der Waals surface area contributed by atoms with Crippen LogP contribution in [0, 0.1) is 11.7 Å². The fourth-order valence-corrected chi connectivity index (χ4v) is 8.18. The van der Waals surface area contributed by atoms with Crippen molar-refractivity contribution in [3.8, 4) is 0 Å². The van der Waals surface area contributed by atoms with E-state index in [1.54, 1.807) is 32.9 Å². The van der Waals surface area contributed by atoms with Gasteiger partial charge in [-0.05, 0) is 65.8 Å². The number of nitrogens with one attached hydrogen (secondary N) is 3. The molecule has 1 saturated heterocycles. The summed E-state index contributed by atoms with van der Waals surface area (Å²) in [6, 6.07) is 1.64. The summed E-state index contributed by atoms with van der Waals surface area (Å²) in [6.45, 7) is 8.35. The molecule has 5 atom stereocenters. The number of alkyl carbamates (subject to hydrolysis) is 1. The highest BCUT2D eigenvalue weighted by Crippen LogP contribution is 2.45. The molecule has 5 rings (SSSR count). The molecular formula is C38H52FN7O10S. The van der Waals surface area contributed by atoms with Gasteiger partial charge in [0, 0.05) is 44.1 Å². The van der Waals surface area contributed by atoms with Gasteiger partial charge in [-0.1, -0.05) is 24.3 Å². The molecule has 2 unspecified atom stereocenters. The fraction of sp³-hybridized carbons (Fsp3) is 0.579. The Morgan fingerprint density at radius 2 is 1.81 bits per heavy atom. The third-order valence-electron chi connectivity index (χ3n) is 10.1. The van der Waals surface area contributed by atoms with E-state index in [0.717, 1.165) is 4.90 Å². The van der Waals surface area contributed by atoms with Crippen LogP contribution in [0.25, 0.3) is 0 Å². The van der Waals surface area contributed by atoms with Gasteiger partial charge in [0.05, 0.1) is 24.9 Å². The average molecular weight is 818 g/mol. The maximum absolute atomic E-state index is 14.5. The number of benzene rings is 1. The molecule has 3 N–H and O–H groups in total. The molecule has 57 heavy (non-hydrogen) atoms. The first-order valence-electron chi connectivity index (χ1n) is 18.7. The van der Waals surface area contributed by atoms with E-state index in [1.807, 2.05) is 19.0 Å². The molecule has 6 amide bonds. The number of amides is 6. The van der Waals surface area contributed by atoms with Gasteiger partial charge in [-0.15, -0.1) is 6.58 Å². The largest absolute Gasteiger partial charge is 0.444 e. The lowest BCUT2D eigenvalue weighted by atomic mass is 10.1. The van der Waals surface area contributed by atoms with Gasteiger partial charge in [0.25, 0.3) is 5.91 Å². The van der Waals surface area contributed by atoms with Crippen molar-refractivity contribution in [1.29, 1.82) is 0 Å². The van der Waals surface area contributed by atoms with Crippen molar-refractivity contribution in [2.75, 3.05) is 40.8 Å². The number of carbonyl (C=O) groups excluding carboxylic acids is 6. The summed E-state index contributed by atoms with van der Waals surface area (Å²) >= 11 is 0. The van der Waals surface area contributed by atoms with Crippen LogP contribution >= 0.6 is 0 Å². The standard InChI is InChI=1S/C38H52FN7O10S/c1-8-24-18-38(24,34(50)42-57(53,54)26-14-15-26)41-32(48)30-17-25(55-36(52)45-19-23-11-9-12-28(39)27(23)21-45)20-46(30)33(49)29(40-35(51)56-37(2,3)4)22-44(7)31(47)13-10-16-43(5)6/h8-13,24-26,29-30H,1,14-22H2,2-7H3,(H,40,51)(H,41,48)(H,42,50)/b13-10+/t24-,25?,29?,30+,38-/m1/s1. The highest BCUT2D eigenvalue weighted by molar-refractivity contribution is 7.91. The van der Waals surface area contributed by atoms with E-state index in [4.69, 9.17) is 9.47 Å². The van der Waals surface area contributed by atoms with E-state index < -0.39 is 92.2 Å². The third-order valence-corrected chi connectivity index (χ3v) is 11.9. The summed E-state index contributed by atoms with van der Waals surface area (Å²) in [7, 11) is 1.08.